The second-order valence-corrected chi connectivity index (χ2v) is 4.40. The minimum atomic E-state index is -0.405. The number of halogens is 1. The van der Waals surface area contributed by atoms with Gasteiger partial charge in [0.05, 0.1) is 4.92 Å². The SMILES string of the molecule is CC[C@H](C)[C@@H](CCl)Nc1ccc([N+](=O)[O-])cc1. The third kappa shape index (κ3) is 3.89. The zero-order chi connectivity index (χ0) is 12.8. The number of anilines is 1. The van der Waals surface area contributed by atoms with E-state index in [1.165, 1.54) is 12.1 Å². The van der Waals surface area contributed by atoms with Crippen molar-refractivity contribution in [2.24, 2.45) is 5.92 Å². The molecule has 1 aromatic rings. The molecule has 1 aromatic carbocycles. The fourth-order valence-electron chi connectivity index (χ4n) is 1.51. The second-order valence-electron chi connectivity index (χ2n) is 4.09. The van der Waals surface area contributed by atoms with E-state index in [2.05, 4.69) is 19.2 Å². The molecule has 0 saturated carbocycles. The van der Waals surface area contributed by atoms with Gasteiger partial charge in [0.15, 0.2) is 0 Å². The predicted molar refractivity (Wildman–Crippen MR) is 70.7 cm³/mol. The van der Waals surface area contributed by atoms with Gasteiger partial charge in [0.25, 0.3) is 5.69 Å². The molecule has 0 bridgehead atoms. The lowest BCUT2D eigenvalue weighted by atomic mass is 10.0. The maximum atomic E-state index is 10.5. The van der Waals surface area contributed by atoms with Crippen LogP contribution in [-0.2, 0) is 0 Å². The number of hydrogen-bond acceptors (Lipinski definition) is 3. The average molecular weight is 257 g/mol. The maximum Gasteiger partial charge on any atom is 0.269 e. The summed E-state index contributed by atoms with van der Waals surface area (Å²) in [7, 11) is 0. The van der Waals surface area contributed by atoms with Crippen molar-refractivity contribution in [2.75, 3.05) is 11.2 Å². The summed E-state index contributed by atoms with van der Waals surface area (Å²) in [5.41, 5.74) is 0.961. The smallest absolute Gasteiger partial charge is 0.269 e. The molecular weight excluding hydrogens is 240 g/mol. The van der Waals surface area contributed by atoms with E-state index < -0.39 is 4.92 Å². The van der Waals surface area contributed by atoms with E-state index in [1.54, 1.807) is 12.1 Å². The van der Waals surface area contributed by atoms with E-state index in [0.717, 1.165) is 12.1 Å². The number of rotatable bonds is 6. The molecule has 1 rings (SSSR count). The molecule has 0 aliphatic rings. The van der Waals surface area contributed by atoms with Crippen molar-refractivity contribution in [1.29, 1.82) is 0 Å². The quantitative estimate of drug-likeness (QED) is 0.480. The summed E-state index contributed by atoms with van der Waals surface area (Å²) in [5.74, 6) is 0.981. The maximum absolute atomic E-state index is 10.5. The fraction of sp³-hybridized carbons (Fsp3) is 0.500. The van der Waals surface area contributed by atoms with Crippen LogP contribution in [0.3, 0.4) is 0 Å². The Morgan fingerprint density at radius 2 is 2.00 bits per heavy atom. The average Bonchev–Trinajstić information content (AvgIpc) is 2.35. The van der Waals surface area contributed by atoms with Gasteiger partial charge in [-0.15, -0.1) is 11.6 Å². The molecule has 0 fully saturated rings. The first-order valence-electron chi connectivity index (χ1n) is 5.65. The van der Waals surface area contributed by atoms with Crippen LogP contribution in [0.1, 0.15) is 20.3 Å². The van der Waals surface area contributed by atoms with Gasteiger partial charge in [0.1, 0.15) is 0 Å². The molecule has 0 spiro atoms. The third-order valence-corrected chi connectivity index (χ3v) is 3.26. The number of non-ortho nitro benzene ring substituents is 1. The zero-order valence-electron chi connectivity index (χ0n) is 10.0. The highest BCUT2D eigenvalue weighted by molar-refractivity contribution is 6.18. The van der Waals surface area contributed by atoms with Crippen LogP contribution in [0.15, 0.2) is 24.3 Å². The molecule has 17 heavy (non-hydrogen) atoms. The van der Waals surface area contributed by atoms with Crippen LogP contribution >= 0.6 is 11.6 Å². The second kappa shape index (κ2) is 6.45. The Morgan fingerprint density at radius 3 is 2.41 bits per heavy atom. The number of hydrogen-bond donors (Lipinski definition) is 1. The van der Waals surface area contributed by atoms with Crippen molar-refractivity contribution in [3.8, 4) is 0 Å². The summed E-state index contributed by atoms with van der Waals surface area (Å²) in [4.78, 5) is 10.1. The minimum Gasteiger partial charge on any atom is -0.381 e. The number of nitrogens with zero attached hydrogens (tertiary/aromatic N) is 1. The van der Waals surface area contributed by atoms with Gasteiger partial charge in [-0.25, -0.2) is 0 Å². The van der Waals surface area contributed by atoms with Crippen LogP contribution in [0.4, 0.5) is 11.4 Å². The predicted octanol–water partition coefficient (Wildman–Crippen LogP) is 3.66. The Morgan fingerprint density at radius 1 is 1.41 bits per heavy atom. The first-order chi connectivity index (χ1) is 8.08. The largest absolute Gasteiger partial charge is 0.381 e. The fourth-order valence-corrected chi connectivity index (χ4v) is 1.89. The van der Waals surface area contributed by atoms with Crippen molar-refractivity contribution >= 4 is 23.0 Å². The van der Waals surface area contributed by atoms with Gasteiger partial charge in [-0.3, -0.25) is 10.1 Å². The van der Waals surface area contributed by atoms with Crippen LogP contribution in [0.2, 0.25) is 0 Å². The number of nitro groups is 1. The highest BCUT2D eigenvalue weighted by Crippen LogP contribution is 2.19. The molecule has 0 aliphatic carbocycles. The van der Waals surface area contributed by atoms with E-state index in [9.17, 15) is 10.1 Å². The molecule has 94 valence electrons. The molecule has 1 N–H and O–H groups in total. The Hall–Kier alpha value is -1.29. The molecule has 0 saturated heterocycles. The van der Waals surface area contributed by atoms with Crippen LogP contribution in [0.25, 0.3) is 0 Å². The van der Waals surface area contributed by atoms with E-state index in [1.807, 2.05) is 0 Å². The molecule has 4 nitrogen and oxygen atoms in total. The molecule has 0 heterocycles. The third-order valence-electron chi connectivity index (χ3n) is 2.93. The number of benzene rings is 1. The van der Waals surface area contributed by atoms with Gasteiger partial charge in [0.2, 0.25) is 0 Å². The van der Waals surface area contributed by atoms with Gasteiger partial charge >= 0.3 is 0 Å². The Balaban J connectivity index is 2.70. The van der Waals surface area contributed by atoms with E-state index in [0.29, 0.717) is 11.8 Å². The standard InChI is InChI=1S/C12H17ClN2O2/c1-3-9(2)12(8-13)14-10-4-6-11(7-5-10)15(16)17/h4-7,9,12,14H,3,8H2,1-2H3/t9-,12+/m0/s1. The van der Waals surface area contributed by atoms with Crippen LogP contribution in [-0.4, -0.2) is 16.8 Å². The van der Waals surface area contributed by atoms with Gasteiger partial charge in [0, 0.05) is 29.7 Å². The normalized spacial score (nSPS) is 14.1. The van der Waals surface area contributed by atoms with Crippen molar-refractivity contribution in [3.05, 3.63) is 34.4 Å². The Labute approximate surface area is 106 Å². The van der Waals surface area contributed by atoms with Gasteiger partial charge in [-0.2, -0.15) is 0 Å². The molecule has 0 radical (unpaired) electrons. The lowest BCUT2D eigenvalue weighted by Crippen LogP contribution is -2.28. The summed E-state index contributed by atoms with van der Waals surface area (Å²) < 4.78 is 0. The summed E-state index contributed by atoms with van der Waals surface area (Å²) in [6.07, 6.45) is 1.04. The van der Waals surface area contributed by atoms with Crippen molar-refractivity contribution in [3.63, 3.8) is 0 Å². The molecule has 0 aliphatic heterocycles. The molecular formula is C12H17ClN2O2. The van der Waals surface area contributed by atoms with E-state index in [4.69, 9.17) is 11.6 Å². The highest BCUT2D eigenvalue weighted by Gasteiger charge is 2.14. The summed E-state index contributed by atoms with van der Waals surface area (Å²) in [5, 5.41) is 13.8. The molecule has 0 aromatic heterocycles. The first kappa shape index (κ1) is 13.8. The monoisotopic (exact) mass is 256 g/mol. The van der Waals surface area contributed by atoms with E-state index in [-0.39, 0.29) is 11.7 Å². The van der Waals surface area contributed by atoms with Crippen molar-refractivity contribution in [1.82, 2.24) is 0 Å². The molecule has 5 heteroatoms. The molecule has 0 unspecified atom stereocenters. The molecule has 2 atom stereocenters. The van der Waals surface area contributed by atoms with Gasteiger partial charge < -0.3 is 5.32 Å². The van der Waals surface area contributed by atoms with E-state index >= 15 is 0 Å². The van der Waals surface area contributed by atoms with Crippen LogP contribution in [0.5, 0.6) is 0 Å². The van der Waals surface area contributed by atoms with Crippen LogP contribution in [0, 0.1) is 16.0 Å². The summed E-state index contributed by atoms with van der Waals surface area (Å²) in [6.45, 7) is 4.24. The van der Waals surface area contributed by atoms with Crippen LogP contribution < -0.4 is 5.32 Å². The van der Waals surface area contributed by atoms with Gasteiger partial charge in [-0.1, -0.05) is 20.3 Å². The minimum absolute atomic E-state index is 0.0986. The molecule has 0 amide bonds. The first-order valence-corrected chi connectivity index (χ1v) is 6.18. The Kier molecular flexibility index (Phi) is 5.22. The number of alkyl halides is 1. The van der Waals surface area contributed by atoms with Crippen molar-refractivity contribution < 1.29 is 4.92 Å². The summed E-state index contributed by atoms with van der Waals surface area (Å²) >= 11 is 5.90. The summed E-state index contributed by atoms with van der Waals surface area (Å²) in [6, 6.07) is 6.58. The Bertz CT molecular complexity index is 367. The number of nitro benzene ring substituents is 1. The van der Waals surface area contributed by atoms with Crippen molar-refractivity contribution in [2.45, 2.75) is 26.3 Å². The lowest BCUT2D eigenvalue weighted by Gasteiger charge is -2.23. The van der Waals surface area contributed by atoms with Gasteiger partial charge in [-0.05, 0) is 18.1 Å². The number of nitrogens with one attached hydrogen (secondary N) is 1. The lowest BCUT2D eigenvalue weighted by molar-refractivity contribution is -0.384. The highest BCUT2D eigenvalue weighted by atomic mass is 35.5. The topological polar surface area (TPSA) is 55.2 Å². The zero-order valence-corrected chi connectivity index (χ0v) is 10.8.